The molecular formula is C17H25Cl2N3O2. The van der Waals surface area contributed by atoms with Crippen molar-refractivity contribution in [1.29, 1.82) is 0 Å². The fourth-order valence-corrected chi connectivity index (χ4v) is 2.28. The minimum atomic E-state index is -0.0815. The first-order chi connectivity index (χ1) is 10.6. The van der Waals surface area contributed by atoms with Crippen LogP contribution in [0.4, 0.5) is 0 Å². The molecule has 0 fully saturated rings. The predicted octanol–water partition coefficient (Wildman–Crippen LogP) is 2.66. The molecule has 0 bridgehead atoms. The Bertz CT molecular complexity index is 666. The summed E-state index contributed by atoms with van der Waals surface area (Å²) in [6.07, 6.45) is 0. The number of nitrogens with one attached hydrogen (secondary N) is 2. The van der Waals surface area contributed by atoms with Crippen molar-refractivity contribution in [2.75, 3.05) is 33.4 Å². The molecule has 1 amide bonds. The molecular weight excluding hydrogens is 349 g/mol. The third kappa shape index (κ3) is 6.24. The van der Waals surface area contributed by atoms with E-state index < -0.39 is 0 Å². The van der Waals surface area contributed by atoms with Gasteiger partial charge < -0.3 is 15.4 Å². The van der Waals surface area contributed by atoms with E-state index in [9.17, 15) is 4.79 Å². The van der Waals surface area contributed by atoms with E-state index in [2.05, 4.69) is 15.6 Å². The van der Waals surface area contributed by atoms with E-state index >= 15 is 0 Å². The Hall–Kier alpha value is -1.40. The number of rotatable bonds is 7. The van der Waals surface area contributed by atoms with E-state index in [-0.39, 0.29) is 30.7 Å². The Morgan fingerprint density at radius 1 is 1.12 bits per heavy atom. The normalized spacial score (nSPS) is 9.96. The summed E-state index contributed by atoms with van der Waals surface area (Å²) in [7, 11) is 1.67. The average molecular weight is 374 g/mol. The van der Waals surface area contributed by atoms with E-state index in [1.165, 1.54) is 0 Å². The number of aryl methyl sites for hydroxylation is 2. The topological polar surface area (TPSA) is 63.2 Å². The van der Waals surface area contributed by atoms with E-state index in [0.29, 0.717) is 25.3 Å². The molecule has 2 rings (SSSR count). The number of fused-ring (bicyclic) bond motifs is 1. The number of halogens is 2. The molecule has 0 saturated carbocycles. The van der Waals surface area contributed by atoms with E-state index in [1.807, 2.05) is 38.1 Å². The van der Waals surface area contributed by atoms with Crippen LogP contribution in [0.5, 0.6) is 0 Å². The summed E-state index contributed by atoms with van der Waals surface area (Å²) in [5.41, 5.74) is 3.46. The highest BCUT2D eigenvalue weighted by Crippen LogP contribution is 2.18. The van der Waals surface area contributed by atoms with Gasteiger partial charge in [-0.2, -0.15) is 0 Å². The first kappa shape index (κ1) is 22.6. The van der Waals surface area contributed by atoms with Crippen LogP contribution in [0.1, 0.15) is 21.6 Å². The van der Waals surface area contributed by atoms with Crippen molar-refractivity contribution in [2.24, 2.45) is 0 Å². The third-order valence-corrected chi connectivity index (χ3v) is 3.48. The van der Waals surface area contributed by atoms with Gasteiger partial charge in [-0.25, -0.2) is 0 Å². The van der Waals surface area contributed by atoms with Gasteiger partial charge in [0.2, 0.25) is 0 Å². The lowest BCUT2D eigenvalue weighted by Gasteiger charge is -2.10. The SMILES string of the molecule is COCCNCCNC(=O)c1cc2cc(C)ccc2nc1C.Cl.Cl. The number of methoxy groups -OCH3 is 1. The Labute approximate surface area is 155 Å². The van der Waals surface area contributed by atoms with Crippen LogP contribution in [-0.2, 0) is 4.74 Å². The zero-order valence-corrected chi connectivity index (χ0v) is 15.9. The van der Waals surface area contributed by atoms with Gasteiger partial charge in [0, 0.05) is 32.1 Å². The highest BCUT2D eigenvalue weighted by molar-refractivity contribution is 5.98. The summed E-state index contributed by atoms with van der Waals surface area (Å²) < 4.78 is 4.95. The highest BCUT2D eigenvalue weighted by Gasteiger charge is 2.11. The third-order valence-electron chi connectivity index (χ3n) is 3.48. The lowest BCUT2D eigenvalue weighted by molar-refractivity contribution is 0.0953. The fourth-order valence-electron chi connectivity index (χ4n) is 2.28. The van der Waals surface area contributed by atoms with Gasteiger partial charge in [-0.15, -0.1) is 24.8 Å². The molecule has 24 heavy (non-hydrogen) atoms. The molecule has 0 aliphatic heterocycles. The summed E-state index contributed by atoms with van der Waals surface area (Å²) in [4.78, 5) is 16.8. The van der Waals surface area contributed by atoms with Crippen LogP contribution in [0, 0.1) is 13.8 Å². The Balaban J connectivity index is 0.00000264. The highest BCUT2D eigenvalue weighted by atomic mass is 35.5. The van der Waals surface area contributed by atoms with Crippen molar-refractivity contribution in [3.8, 4) is 0 Å². The molecule has 1 aromatic carbocycles. The van der Waals surface area contributed by atoms with Crippen LogP contribution in [-0.4, -0.2) is 44.2 Å². The predicted molar refractivity (Wildman–Crippen MR) is 103 cm³/mol. The van der Waals surface area contributed by atoms with Gasteiger partial charge in [0.25, 0.3) is 5.91 Å². The van der Waals surface area contributed by atoms with Crippen molar-refractivity contribution < 1.29 is 9.53 Å². The maximum absolute atomic E-state index is 12.3. The fraction of sp³-hybridized carbons (Fsp3) is 0.412. The lowest BCUT2D eigenvalue weighted by Crippen LogP contribution is -2.33. The van der Waals surface area contributed by atoms with Gasteiger partial charge in [-0.1, -0.05) is 11.6 Å². The number of nitrogens with zero attached hydrogens (tertiary/aromatic N) is 1. The Morgan fingerprint density at radius 3 is 2.58 bits per heavy atom. The van der Waals surface area contributed by atoms with Crippen LogP contribution >= 0.6 is 24.8 Å². The number of benzene rings is 1. The Morgan fingerprint density at radius 2 is 1.88 bits per heavy atom. The number of pyridine rings is 1. The maximum atomic E-state index is 12.3. The zero-order valence-electron chi connectivity index (χ0n) is 14.2. The van der Waals surface area contributed by atoms with Crippen molar-refractivity contribution in [1.82, 2.24) is 15.6 Å². The van der Waals surface area contributed by atoms with Gasteiger partial charge in [-0.05, 0) is 32.0 Å². The van der Waals surface area contributed by atoms with Gasteiger partial charge >= 0.3 is 0 Å². The Kier molecular flexibility index (Phi) is 10.6. The van der Waals surface area contributed by atoms with Gasteiger partial charge in [0.1, 0.15) is 0 Å². The summed E-state index contributed by atoms with van der Waals surface area (Å²) in [6, 6.07) is 7.97. The minimum absolute atomic E-state index is 0. The number of aromatic nitrogens is 1. The zero-order chi connectivity index (χ0) is 15.9. The van der Waals surface area contributed by atoms with Crippen LogP contribution in [0.15, 0.2) is 24.3 Å². The summed E-state index contributed by atoms with van der Waals surface area (Å²) in [6.45, 7) is 6.64. The lowest BCUT2D eigenvalue weighted by atomic mass is 10.1. The van der Waals surface area contributed by atoms with Gasteiger partial charge in [-0.3, -0.25) is 9.78 Å². The second-order valence-electron chi connectivity index (χ2n) is 5.32. The van der Waals surface area contributed by atoms with Crippen molar-refractivity contribution in [2.45, 2.75) is 13.8 Å². The number of amides is 1. The summed E-state index contributed by atoms with van der Waals surface area (Å²) >= 11 is 0. The smallest absolute Gasteiger partial charge is 0.253 e. The van der Waals surface area contributed by atoms with Crippen LogP contribution < -0.4 is 10.6 Å². The largest absolute Gasteiger partial charge is 0.383 e. The molecule has 2 N–H and O–H groups in total. The monoisotopic (exact) mass is 373 g/mol. The first-order valence-electron chi connectivity index (χ1n) is 7.47. The molecule has 0 aliphatic carbocycles. The van der Waals surface area contributed by atoms with Gasteiger partial charge in [0.05, 0.1) is 23.4 Å². The standard InChI is InChI=1S/C17H23N3O2.2ClH/c1-12-4-5-16-14(10-12)11-15(13(2)20-16)17(21)19-7-6-18-8-9-22-3;;/h4-5,10-11,18H,6-9H2,1-3H3,(H,19,21);2*1H. The summed E-state index contributed by atoms with van der Waals surface area (Å²) in [5.74, 6) is -0.0815. The molecule has 7 heteroatoms. The maximum Gasteiger partial charge on any atom is 0.253 e. The molecule has 1 heterocycles. The van der Waals surface area contributed by atoms with Crippen molar-refractivity contribution >= 4 is 41.6 Å². The van der Waals surface area contributed by atoms with E-state index in [4.69, 9.17) is 4.74 Å². The second-order valence-corrected chi connectivity index (χ2v) is 5.32. The number of carbonyl (C=O) groups excluding carboxylic acids is 1. The van der Waals surface area contributed by atoms with Crippen molar-refractivity contribution in [3.05, 3.63) is 41.1 Å². The van der Waals surface area contributed by atoms with E-state index in [1.54, 1.807) is 7.11 Å². The number of hydrogen-bond donors (Lipinski definition) is 2. The van der Waals surface area contributed by atoms with Gasteiger partial charge in [0.15, 0.2) is 0 Å². The van der Waals surface area contributed by atoms with Crippen LogP contribution in [0.2, 0.25) is 0 Å². The van der Waals surface area contributed by atoms with E-state index in [0.717, 1.165) is 28.7 Å². The molecule has 2 aromatic rings. The van der Waals surface area contributed by atoms with Crippen LogP contribution in [0.25, 0.3) is 10.9 Å². The first-order valence-corrected chi connectivity index (χ1v) is 7.47. The average Bonchev–Trinajstić information content (AvgIpc) is 2.50. The molecule has 0 unspecified atom stereocenters. The molecule has 0 saturated heterocycles. The van der Waals surface area contributed by atoms with Crippen LogP contribution in [0.3, 0.4) is 0 Å². The summed E-state index contributed by atoms with van der Waals surface area (Å²) in [5, 5.41) is 7.10. The van der Waals surface area contributed by atoms with Crippen molar-refractivity contribution in [3.63, 3.8) is 0 Å². The number of ether oxygens (including phenoxy) is 1. The molecule has 0 atom stereocenters. The minimum Gasteiger partial charge on any atom is -0.383 e. The molecule has 0 aliphatic rings. The molecule has 0 radical (unpaired) electrons. The quantitative estimate of drug-likeness (QED) is 0.732. The molecule has 134 valence electrons. The molecule has 5 nitrogen and oxygen atoms in total. The second kappa shape index (κ2) is 11.2. The number of carbonyl (C=O) groups is 1. The number of hydrogen-bond acceptors (Lipinski definition) is 4. The molecule has 0 spiro atoms. The molecule has 1 aromatic heterocycles.